The second-order valence-corrected chi connectivity index (χ2v) is 2.48. The van der Waals surface area contributed by atoms with Crippen LogP contribution in [0.5, 0.6) is 0 Å². The van der Waals surface area contributed by atoms with Crippen LogP contribution in [0, 0.1) is 0 Å². The van der Waals surface area contributed by atoms with Crippen LogP contribution in [0.1, 0.15) is 20.3 Å². The monoisotopic (exact) mass is 159 g/mol. The van der Waals surface area contributed by atoms with Gasteiger partial charge < -0.3 is 9.84 Å². The van der Waals surface area contributed by atoms with Gasteiger partial charge in [-0.2, -0.15) is 0 Å². The quantitative estimate of drug-likeness (QED) is 0.438. The number of hydrogen-bond acceptors (Lipinski definition) is 2. The molecule has 0 aromatic rings. The summed E-state index contributed by atoms with van der Waals surface area (Å²) in [6.45, 7) is 5.34. The molecule has 0 saturated heterocycles. The van der Waals surface area contributed by atoms with Gasteiger partial charge in [0.2, 0.25) is 0 Å². The fourth-order valence-electron chi connectivity index (χ4n) is 0.305. The van der Waals surface area contributed by atoms with Gasteiger partial charge in [-0.1, -0.05) is 0 Å². The molecule has 0 fully saturated rings. The average molecular weight is 159 g/mol. The summed E-state index contributed by atoms with van der Waals surface area (Å²) < 4.78 is 4.87. The van der Waals surface area contributed by atoms with Crippen molar-refractivity contribution in [1.82, 2.24) is 0 Å². The van der Waals surface area contributed by atoms with Crippen LogP contribution in [0.3, 0.4) is 0 Å². The molecule has 0 aliphatic carbocycles. The van der Waals surface area contributed by atoms with Crippen molar-refractivity contribution in [1.29, 1.82) is 0 Å². The summed E-state index contributed by atoms with van der Waals surface area (Å²) in [5.74, 6) is 0. The molecular weight excluding hydrogens is 143 g/mol. The number of ether oxygens (including phenoxy) is 1. The van der Waals surface area contributed by atoms with E-state index in [2.05, 4.69) is 23.2 Å². The Balaban J connectivity index is 0. The zero-order valence-corrected chi connectivity index (χ0v) is 8.08. The maximum atomic E-state index is 9.72. The third-order valence-corrected chi connectivity index (χ3v) is 0.637. The van der Waals surface area contributed by atoms with E-state index in [0.717, 1.165) is 6.61 Å². The molecule has 10 heavy (non-hydrogen) atoms. The molecule has 0 amide bonds. The Hall–Kier alpha value is 0.452. The second kappa shape index (κ2) is 16.2. The SMILES string of the molecule is CCOCCC[O-].C[CH2][Al+]. The molecule has 0 unspecified atom stereocenters. The Bertz CT molecular complexity index is 38.6. The van der Waals surface area contributed by atoms with E-state index in [-0.39, 0.29) is 6.61 Å². The van der Waals surface area contributed by atoms with E-state index in [9.17, 15) is 5.11 Å². The Labute approximate surface area is 72.0 Å². The molecule has 0 aliphatic rings. The van der Waals surface area contributed by atoms with Crippen molar-refractivity contribution >= 4 is 16.3 Å². The third-order valence-electron chi connectivity index (χ3n) is 0.637. The van der Waals surface area contributed by atoms with Crippen LogP contribution in [0.15, 0.2) is 0 Å². The Morgan fingerprint density at radius 3 is 2.20 bits per heavy atom. The zero-order valence-electron chi connectivity index (χ0n) is 6.93. The summed E-state index contributed by atoms with van der Waals surface area (Å²) in [5, 5.41) is 10.9. The van der Waals surface area contributed by atoms with Crippen LogP contribution in [0.4, 0.5) is 0 Å². The topological polar surface area (TPSA) is 32.3 Å². The predicted molar refractivity (Wildman–Crippen MR) is 42.2 cm³/mol. The van der Waals surface area contributed by atoms with Gasteiger partial charge in [0.1, 0.15) is 0 Å². The zero-order chi connectivity index (χ0) is 8.24. The predicted octanol–water partition coefficient (Wildman–Crippen LogP) is 0.366. The van der Waals surface area contributed by atoms with Crippen molar-refractivity contribution < 1.29 is 9.84 Å². The van der Waals surface area contributed by atoms with Crippen molar-refractivity contribution in [2.75, 3.05) is 19.8 Å². The molecule has 0 saturated carbocycles. The van der Waals surface area contributed by atoms with Crippen LogP contribution in [0.25, 0.3) is 0 Å². The molecule has 0 atom stereocenters. The van der Waals surface area contributed by atoms with E-state index in [4.69, 9.17) is 4.74 Å². The van der Waals surface area contributed by atoms with Crippen LogP contribution in [0.2, 0.25) is 5.28 Å². The van der Waals surface area contributed by atoms with Crippen LogP contribution in [-0.4, -0.2) is 36.1 Å². The standard InChI is InChI=1S/C5H11O2.C2H5.Al/c1-2-7-5-3-4-6;1-2;/h2-5H2,1H3;1H2,2H3;/q-1;;+1. The molecule has 0 aromatic heterocycles. The Kier molecular flexibility index (Phi) is 21.2. The van der Waals surface area contributed by atoms with Crippen molar-refractivity contribution in [3.63, 3.8) is 0 Å². The van der Waals surface area contributed by atoms with Gasteiger partial charge in [-0.15, -0.1) is 6.61 Å². The Morgan fingerprint density at radius 1 is 1.40 bits per heavy atom. The molecule has 0 bridgehead atoms. The summed E-state index contributed by atoms with van der Waals surface area (Å²) in [7, 11) is 0. The van der Waals surface area contributed by atoms with Crippen molar-refractivity contribution in [2.24, 2.45) is 0 Å². The molecule has 0 rings (SSSR count). The molecular formula is C7H16AlO2. The van der Waals surface area contributed by atoms with Gasteiger partial charge in [0, 0.05) is 13.2 Å². The Morgan fingerprint density at radius 2 is 1.90 bits per heavy atom. The van der Waals surface area contributed by atoms with Gasteiger partial charge in [0.25, 0.3) is 0 Å². The fraction of sp³-hybridized carbons (Fsp3) is 1.00. The van der Waals surface area contributed by atoms with E-state index >= 15 is 0 Å². The van der Waals surface area contributed by atoms with Gasteiger partial charge >= 0.3 is 28.5 Å². The molecule has 0 heterocycles. The summed E-state index contributed by atoms with van der Waals surface area (Å²) in [4.78, 5) is 0. The number of hydrogen-bond donors (Lipinski definition) is 0. The molecule has 1 radical (unpaired) electrons. The maximum absolute atomic E-state index is 9.72. The average Bonchev–Trinajstić information content (AvgIpc) is 1.91. The normalized spacial score (nSPS) is 8.20. The summed E-state index contributed by atoms with van der Waals surface area (Å²) in [6, 6.07) is 0. The third kappa shape index (κ3) is 23.7. The summed E-state index contributed by atoms with van der Waals surface area (Å²) in [5.41, 5.74) is 0. The molecule has 2 nitrogen and oxygen atoms in total. The summed E-state index contributed by atoms with van der Waals surface area (Å²) >= 11 is 2.58. The molecule has 59 valence electrons. The van der Waals surface area contributed by atoms with E-state index in [1.54, 1.807) is 0 Å². The van der Waals surface area contributed by atoms with Crippen LogP contribution >= 0.6 is 0 Å². The fourth-order valence-corrected chi connectivity index (χ4v) is 0.305. The van der Waals surface area contributed by atoms with Crippen LogP contribution < -0.4 is 5.11 Å². The van der Waals surface area contributed by atoms with Crippen molar-refractivity contribution in [3.05, 3.63) is 0 Å². The second-order valence-electron chi connectivity index (χ2n) is 1.66. The molecule has 0 N–H and O–H groups in total. The summed E-state index contributed by atoms with van der Waals surface area (Å²) in [6.07, 6.45) is 0.647. The van der Waals surface area contributed by atoms with Gasteiger partial charge in [0.15, 0.2) is 0 Å². The first-order valence-electron chi connectivity index (χ1n) is 3.69. The van der Waals surface area contributed by atoms with Gasteiger partial charge in [-0.3, -0.25) is 0 Å². The van der Waals surface area contributed by atoms with E-state index in [1.165, 1.54) is 5.28 Å². The van der Waals surface area contributed by atoms with Gasteiger partial charge in [0.05, 0.1) is 0 Å². The van der Waals surface area contributed by atoms with Crippen LogP contribution in [-0.2, 0) is 4.74 Å². The molecule has 0 aromatic carbocycles. The number of rotatable bonds is 4. The molecule has 0 spiro atoms. The van der Waals surface area contributed by atoms with Gasteiger partial charge in [-0.05, 0) is 13.3 Å². The minimum atomic E-state index is -0.0139. The first kappa shape index (κ1) is 13.1. The minimum absolute atomic E-state index is 0.0139. The first-order valence-corrected chi connectivity index (χ1v) is 4.50. The van der Waals surface area contributed by atoms with E-state index in [0.29, 0.717) is 13.0 Å². The molecule has 3 heteroatoms. The first-order chi connectivity index (χ1) is 4.83. The van der Waals surface area contributed by atoms with E-state index < -0.39 is 0 Å². The van der Waals surface area contributed by atoms with Crippen molar-refractivity contribution in [3.8, 4) is 0 Å². The van der Waals surface area contributed by atoms with E-state index in [1.807, 2.05) is 6.92 Å². The molecule has 0 aliphatic heterocycles. The van der Waals surface area contributed by atoms with Gasteiger partial charge in [-0.25, -0.2) is 0 Å². The van der Waals surface area contributed by atoms with Crippen molar-refractivity contribution in [2.45, 2.75) is 25.6 Å².